The first-order valence-corrected chi connectivity index (χ1v) is 11.8. The summed E-state index contributed by atoms with van der Waals surface area (Å²) in [5, 5.41) is 6.47. The van der Waals surface area contributed by atoms with Gasteiger partial charge in [0.2, 0.25) is 12.7 Å². The van der Waals surface area contributed by atoms with Crippen LogP contribution in [-0.2, 0) is 4.79 Å². The molecule has 1 fully saturated rings. The molecule has 0 bridgehead atoms. The molecule has 3 aromatic rings. The number of nitrogens with zero attached hydrogens (tertiary/aromatic N) is 2. The first kappa shape index (κ1) is 23.0. The van der Waals surface area contributed by atoms with Crippen molar-refractivity contribution in [3.8, 4) is 11.5 Å². The van der Waals surface area contributed by atoms with Gasteiger partial charge in [-0.1, -0.05) is 29.8 Å². The molecule has 8 nitrogen and oxygen atoms in total. The van der Waals surface area contributed by atoms with Gasteiger partial charge in [0, 0.05) is 48.6 Å². The highest BCUT2D eigenvalue weighted by Crippen LogP contribution is 2.34. The summed E-state index contributed by atoms with van der Waals surface area (Å²) in [5.74, 6) is 0.739. The van der Waals surface area contributed by atoms with E-state index in [4.69, 9.17) is 21.1 Å². The molecular formula is C26H25ClN4O4. The maximum absolute atomic E-state index is 12.9. The average molecular weight is 493 g/mol. The number of anilines is 3. The van der Waals surface area contributed by atoms with Gasteiger partial charge < -0.3 is 25.0 Å². The Balaban J connectivity index is 1.17. The molecule has 2 amide bonds. The van der Waals surface area contributed by atoms with Crippen molar-refractivity contribution in [2.75, 3.05) is 55.1 Å². The van der Waals surface area contributed by atoms with Crippen LogP contribution in [0.3, 0.4) is 0 Å². The number of hydrogen-bond donors (Lipinski definition) is 2. The summed E-state index contributed by atoms with van der Waals surface area (Å²) in [4.78, 5) is 30.1. The van der Waals surface area contributed by atoms with Gasteiger partial charge in [0.05, 0.1) is 17.8 Å². The molecule has 2 aliphatic heterocycles. The number of halogens is 1. The number of benzene rings is 3. The highest BCUT2D eigenvalue weighted by Gasteiger charge is 2.21. The first-order chi connectivity index (χ1) is 17.0. The number of amides is 2. The number of hydrogen-bond acceptors (Lipinski definition) is 6. The lowest BCUT2D eigenvalue weighted by molar-refractivity contribution is -0.117. The standard InChI is InChI=1S/C26H25ClN4O4/c27-18-4-3-5-20(14-18)31-12-10-30(11-13-31)16-25(32)29-22-7-2-1-6-21(22)26(33)28-19-8-9-23-24(15-19)35-17-34-23/h1-9,14-15H,10-13,16-17H2,(H,28,33)(H,29,32). The minimum atomic E-state index is -0.324. The minimum Gasteiger partial charge on any atom is -0.454 e. The quantitative estimate of drug-likeness (QED) is 0.539. The number of nitrogens with one attached hydrogen (secondary N) is 2. The Bertz CT molecular complexity index is 1240. The molecule has 2 heterocycles. The van der Waals surface area contributed by atoms with Crippen molar-refractivity contribution in [1.82, 2.24) is 4.90 Å². The molecule has 180 valence electrons. The molecular weight excluding hydrogens is 468 g/mol. The summed E-state index contributed by atoms with van der Waals surface area (Å²) >= 11 is 6.11. The number of piperazine rings is 1. The molecule has 35 heavy (non-hydrogen) atoms. The van der Waals surface area contributed by atoms with Gasteiger partial charge in [-0.3, -0.25) is 14.5 Å². The molecule has 1 saturated heterocycles. The smallest absolute Gasteiger partial charge is 0.257 e. The highest BCUT2D eigenvalue weighted by molar-refractivity contribution is 6.30. The van der Waals surface area contributed by atoms with Gasteiger partial charge in [-0.15, -0.1) is 0 Å². The maximum atomic E-state index is 12.9. The second kappa shape index (κ2) is 10.2. The third kappa shape index (κ3) is 5.50. The van der Waals surface area contributed by atoms with Crippen molar-refractivity contribution < 1.29 is 19.1 Å². The Labute approximate surface area is 208 Å². The molecule has 9 heteroatoms. The summed E-state index contributed by atoms with van der Waals surface area (Å²) in [7, 11) is 0. The van der Waals surface area contributed by atoms with Crippen LogP contribution in [0.25, 0.3) is 0 Å². The zero-order valence-electron chi connectivity index (χ0n) is 19.0. The third-order valence-electron chi connectivity index (χ3n) is 5.99. The largest absolute Gasteiger partial charge is 0.454 e. The molecule has 0 saturated carbocycles. The lowest BCUT2D eigenvalue weighted by atomic mass is 10.1. The normalized spacial score (nSPS) is 15.1. The van der Waals surface area contributed by atoms with E-state index in [2.05, 4.69) is 20.4 Å². The summed E-state index contributed by atoms with van der Waals surface area (Å²) in [5.41, 5.74) is 2.51. The van der Waals surface area contributed by atoms with E-state index in [1.807, 2.05) is 24.3 Å². The second-order valence-corrected chi connectivity index (χ2v) is 8.80. The predicted molar refractivity (Wildman–Crippen MR) is 136 cm³/mol. The maximum Gasteiger partial charge on any atom is 0.257 e. The molecule has 0 spiro atoms. The molecule has 5 rings (SSSR count). The predicted octanol–water partition coefficient (Wildman–Crippen LogP) is 4.08. The zero-order valence-corrected chi connectivity index (χ0v) is 19.8. The first-order valence-electron chi connectivity index (χ1n) is 11.4. The molecule has 2 aliphatic rings. The van der Waals surface area contributed by atoms with E-state index in [0.29, 0.717) is 33.5 Å². The van der Waals surface area contributed by atoms with E-state index in [1.54, 1.807) is 42.5 Å². The van der Waals surface area contributed by atoms with Crippen LogP contribution in [0.1, 0.15) is 10.4 Å². The van der Waals surface area contributed by atoms with E-state index >= 15 is 0 Å². The van der Waals surface area contributed by atoms with Gasteiger partial charge in [-0.05, 0) is 42.5 Å². The van der Waals surface area contributed by atoms with Gasteiger partial charge in [0.1, 0.15) is 0 Å². The topological polar surface area (TPSA) is 83.1 Å². The van der Waals surface area contributed by atoms with Gasteiger partial charge in [0.25, 0.3) is 5.91 Å². The molecule has 3 aromatic carbocycles. The minimum absolute atomic E-state index is 0.162. The summed E-state index contributed by atoms with van der Waals surface area (Å²) in [6.07, 6.45) is 0. The van der Waals surface area contributed by atoms with E-state index in [-0.39, 0.29) is 25.2 Å². The summed E-state index contributed by atoms with van der Waals surface area (Å²) < 4.78 is 10.7. The van der Waals surface area contributed by atoms with Crippen LogP contribution in [0.15, 0.2) is 66.7 Å². The van der Waals surface area contributed by atoms with Crippen LogP contribution in [0.2, 0.25) is 5.02 Å². The van der Waals surface area contributed by atoms with Crippen molar-refractivity contribution in [2.24, 2.45) is 0 Å². The fourth-order valence-electron chi connectivity index (χ4n) is 4.19. The molecule has 0 aromatic heterocycles. The van der Waals surface area contributed by atoms with Crippen LogP contribution < -0.4 is 25.0 Å². The molecule has 2 N–H and O–H groups in total. The van der Waals surface area contributed by atoms with Crippen molar-refractivity contribution >= 4 is 40.5 Å². The average Bonchev–Trinajstić information content (AvgIpc) is 3.33. The van der Waals surface area contributed by atoms with Crippen LogP contribution in [0, 0.1) is 0 Å². The number of para-hydroxylation sites is 1. The van der Waals surface area contributed by atoms with E-state index in [0.717, 1.165) is 31.9 Å². The van der Waals surface area contributed by atoms with E-state index < -0.39 is 0 Å². The third-order valence-corrected chi connectivity index (χ3v) is 6.22. The second-order valence-electron chi connectivity index (χ2n) is 8.36. The number of carbonyl (C=O) groups is 2. The fraction of sp³-hybridized carbons (Fsp3) is 0.231. The molecule has 0 radical (unpaired) electrons. The van der Waals surface area contributed by atoms with Crippen molar-refractivity contribution in [3.63, 3.8) is 0 Å². The van der Waals surface area contributed by atoms with Crippen LogP contribution >= 0.6 is 11.6 Å². The Hall–Kier alpha value is -3.75. The van der Waals surface area contributed by atoms with Gasteiger partial charge in [0.15, 0.2) is 11.5 Å². The highest BCUT2D eigenvalue weighted by atomic mass is 35.5. The van der Waals surface area contributed by atoms with Gasteiger partial charge in [-0.2, -0.15) is 0 Å². The number of ether oxygens (including phenoxy) is 2. The lowest BCUT2D eigenvalue weighted by Crippen LogP contribution is -2.48. The Morgan fingerprint density at radius 2 is 1.66 bits per heavy atom. The van der Waals surface area contributed by atoms with Crippen LogP contribution in [-0.4, -0.2) is 56.2 Å². The van der Waals surface area contributed by atoms with E-state index in [9.17, 15) is 9.59 Å². The van der Waals surface area contributed by atoms with Crippen molar-refractivity contribution in [1.29, 1.82) is 0 Å². The fourth-order valence-corrected chi connectivity index (χ4v) is 4.38. The molecule has 0 aliphatic carbocycles. The summed E-state index contributed by atoms with van der Waals surface area (Å²) in [6, 6.07) is 20.0. The van der Waals surface area contributed by atoms with Crippen LogP contribution in [0.4, 0.5) is 17.1 Å². The summed E-state index contributed by atoms with van der Waals surface area (Å²) in [6.45, 7) is 3.54. The van der Waals surface area contributed by atoms with Gasteiger partial charge in [-0.25, -0.2) is 0 Å². The number of rotatable bonds is 6. The SMILES string of the molecule is O=C(CN1CCN(c2cccc(Cl)c2)CC1)Nc1ccccc1C(=O)Nc1ccc2c(c1)OCO2. The lowest BCUT2D eigenvalue weighted by Gasteiger charge is -2.35. The molecule has 0 atom stereocenters. The van der Waals surface area contributed by atoms with E-state index in [1.165, 1.54) is 0 Å². The van der Waals surface area contributed by atoms with Crippen LogP contribution in [0.5, 0.6) is 11.5 Å². The Morgan fingerprint density at radius 1 is 0.857 bits per heavy atom. The Kier molecular flexibility index (Phi) is 6.74. The number of fused-ring (bicyclic) bond motifs is 1. The van der Waals surface area contributed by atoms with Crippen molar-refractivity contribution in [2.45, 2.75) is 0 Å². The monoisotopic (exact) mass is 492 g/mol. The zero-order chi connectivity index (χ0) is 24.2. The van der Waals surface area contributed by atoms with Crippen molar-refractivity contribution in [3.05, 3.63) is 77.3 Å². The number of carbonyl (C=O) groups excluding carboxylic acids is 2. The molecule has 0 unspecified atom stereocenters. The van der Waals surface area contributed by atoms with Gasteiger partial charge >= 0.3 is 0 Å². The Morgan fingerprint density at radius 3 is 2.49 bits per heavy atom.